The maximum Gasteiger partial charge on any atom is 0.494 e. The maximum absolute atomic E-state index is 12.1. The zero-order valence-electron chi connectivity index (χ0n) is 14.1. The van der Waals surface area contributed by atoms with Crippen molar-refractivity contribution >= 4 is 14.5 Å². The molecule has 0 fully saturated rings. The van der Waals surface area contributed by atoms with Crippen LogP contribution in [-0.4, -0.2) is 14.5 Å². The summed E-state index contributed by atoms with van der Waals surface area (Å²) in [5, 5.41) is 0. The van der Waals surface area contributed by atoms with Crippen LogP contribution < -0.4 is 0 Å². The largest absolute Gasteiger partial charge is 0.494 e. The molecule has 0 saturated carbocycles. The summed E-state index contributed by atoms with van der Waals surface area (Å²) >= 11 is 0. The Balaban J connectivity index is 2.73. The second-order valence-corrected chi connectivity index (χ2v) is 11.8. The van der Waals surface area contributed by atoms with Gasteiger partial charge in [0.1, 0.15) is 6.61 Å². The molecule has 0 saturated heterocycles. The van der Waals surface area contributed by atoms with Crippen LogP contribution in [0.4, 0.5) is 4.79 Å². The number of ether oxygens (including phenoxy) is 1. The Kier molecular flexibility index (Phi) is 6.46. The highest BCUT2D eigenvalue weighted by atomic mass is 28.4. The number of carbonyl (C=O) groups excluding carboxylic acids is 1. The summed E-state index contributed by atoms with van der Waals surface area (Å²) in [5.41, 5.74) is 2.06. The monoisotopic (exact) mass is 308 g/mol. The average molecular weight is 308 g/mol. The molecule has 0 bridgehead atoms. The first-order valence-electron chi connectivity index (χ1n) is 7.70. The Labute approximate surface area is 129 Å². The van der Waals surface area contributed by atoms with Crippen molar-refractivity contribution in [2.75, 3.05) is 0 Å². The summed E-state index contributed by atoms with van der Waals surface area (Å²) < 4.78 is 11.2. The van der Waals surface area contributed by atoms with Gasteiger partial charge in [0.15, 0.2) is 0 Å². The van der Waals surface area contributed by atoms with E-state index in [-0.39, 0.29) is 6.61 Å². The molecular formula is C17H28O3Si. The fourth-order valence-corrected chi connectivity index (χ4v) is 8.30. The van der Waals surface area contributed by atoms with Crippen LogP contribution >= 0.6 is 0 Å². The van der Waals surface area contributed by atoms with Gasteiger partial charge in [-0.1, -0.05) is 71.9 Å². The number of rotatable bonds is 6. The molecule has 1 aromatic carbocycles. The molecular weight excluding hydrogens is 280 g/mol. The van der Waals surface area contributed by atoms with E-state index in [2.05, 4.69) is 41.5 Å². The average Bonchev–Trinajstić information content (AvgIpc) is 2.42. The fourth-order valence-electron chi connectivity index (χ4n) is 3.24. The van der Waals surface area contributed by atoms with Crippen LogP contribution in [0.25, 0.3) is 0 Å². The quantitative estimate of drug-likeness (QED) is 0.513. The molecule has 1 rings (SSSR count). The van der Waals surface area contributed by atoms with Crippen molar-refractivity contribution in [3.05, 3.63) is 35.9 Å². The molecule has 0 aromatic heterocycles. The lowest BCUT2D eigenvalue weighted by Crippen LogP contribution is -2.49. The van der Waals surface area contributed by atoms with Crippen LogP contribution in [0.15, 0.2) is 30.3 Å². The first-order valence-corrected chi connectivity index (χ1v) is 9.84. The van der Waals surface area contributed by atoms with Gasteiger partial charge < -0.3 is 9.16 Å². The smallest absolute Gasteiger partial charge is 0.488 e. The third-order valence-electron chi connectivity index (χ3n) is 4.17. The lowest BCUT2D eigenvalue weighted by atomic mass is 10.2. The van der Waals surface area contributed by atoms with Gasteiger partial charge in [-0.2, -0.15) is 0 Å². The second kappa shape index (κ2) is 7.64. The number of benzene rings is 1. The molecule has 4 heteroatoms. The van der Waals surface area contributed by atoms with Crippen molar-refractivity contribution < 1.29 is 14.0 Å². The molecule has 0 aliphatic heterocycles. The van der Waals surface area contributed by atoms with Crippen LogP contribution in [0.2, 0.25) is 16.6 Å². The van der Waals surface area contributed by atoms with Crippen molar-refractivity contribution in [3.8, 4) is 0 Å². The Hall–Kier alpha value is -1.29. The third kappa shape index (κ3) is 4.33. The molecule has 1 aromatic rings. The van der Waals surface area contributed by atoms with E-state index in [0.29, 0.717) is 16.6 Å². The van der Waals surface area contributed by atoms with Crippen LogP contribution in [0, 0.1) is 0 Å². The van der Waals surface area contributed by atoms with Gasteiger partial charge in [-0.05, 0) is 22.2 Å². The standard InChI is InChI=1S/C17H28O3Si/c1-13(2)21(14(3)4,15(5)6)20-17(18)19-12-16-10-8-7-9-11-16/h7-11,13-15H,12H2,1-6H3. The molecule has 118 valence electrons. The normalized spacial score (nSPS) is 12.0. The number of carbonyl (C=O) groups is 1. The molecule has 0 aliphatic rings. The van der Waals surface area contributed by atoms with Gasteiger partial charge in [0.2, 0.25) is 0 Å². The van der Waals surface area contributed by atoms with Crippen LogP contribution in [0.3, 0.4) is 0 Å². The Morgan fingerprint density at radius 1 is 0.952 bits per heavy atom. The van der Waals surface area contributed by atoms with Gasteiger partial charge in [-0.25, -0.2) is 4.79 Å². The molecule has 0 radical (unpaired) electrons. The zero-order valence-corrected chi connectivity index (χ0v) is 15.1. The van der Waals surface area contributed by atoms with Crippen molar-refractivity contribution in [2.24, 2.45) is 0 Å². The van der Waals surface area contributed by atoms with E-state index in [9.17, 15) is 4.79 Å². The highest BCUT2D eigenvalue weighted by molar-refractivity contribution is 6.78. The Morgan fingerprint density at radius 2 is 1.43 bits per heavy atom. The minimum absolute atomic E-state index is 0.262. The SMILES string of the molecule is CC(C)[Si](OC(=O)OCc1ccccc1)(C(C)C)C(C)C. The summed E-state index contributed by atoms with van der Waals surface area (Å²) in [6.07, 6.45) is -0.526. The second-order valence-electron chi connectivity index (χ2n) is 6.44. The highest BCUT2D eigenvalue weighted by Gasteiger charge is 2.48. The van der Waals surface area contributed by atoms with Gasteiger partial charge in [-0.3, -0.25) is 0 Å². The topological polar surface area (TPSA) is 35.5 Å². The zero-order chi connectivity index (χ0) is 16.0. The summed E-state index contributed by atoms with van der Waals surface area (Å²) in [5.74, 6) is 0. The predicted molar refractivity (Wildman–Crippen MR) is 88.8 cm³/mol. The molecule has 0 N–H and O–H groups in total. The summed E-state index contributed by atoms with van der Waals surface area (Å²) in [7, 11) is -2.20. The molecule has 21 heavy (non-hydrogen) atoms. The maximum atomic E-state index is 12.1. The lowest BCUT2D eigenvalue weighted by Gasteiger charge is -2.40. The van der Waals surface area contributed by atoms with E-state index < -0.39 is 14.5 Å². The molecule has 0 atom stereocenters. The summed E-state index contributed by atoms with van der Waals surface area (Å²) in [6, 6.07) is 9.67. The van der Waals surface area contributed by atoms with Gasteiger partial charge in [0.25, 0.3) is 8.32 Å². The van der Waals surface area contributed by atoms with Crippen molar-refractivity contribution in [3.63, 3.8) is 0 Å². The van der Waals surface area contributed by atoms with E-state index in [1.807, 2.05) is 30.3 Å². The third-order valence-corrected chi connectivity index (χ3v) is 10.1. The number of hydrogen-bond acceptors (Lipinski definition) is 3. The molecule has 0 aliphatic carbocycles. The minimum Gasteiger partial charge on any atom is -0.488 e. The fraction of sp³-hybridized carbons (Fsp3) is 0.588. The lowest BCUT2D eigenvalue weighted by molar-refractivity contribution is 0.0867. The van der Waals surface area contributed by atoms with E-state index in [0.717, 1.165) is 5.56 Å². The van der Waals surface area contributed by atoms with E-state index in [4.69, 9.17) is 9.16 Å². The van der Waals surface area contributed by atoms with E-state index >= 15 is 0 Å². The van der Waals surface area contributed by atoms with Crippen LogP contribution in [-0.2, 0) is 15.8 Å². The van der Waals surface area contributed by atoms with E-state index in [1.165, 1.54) is 0 Å². The van der Waals surface area contributed by atoms with Gasteiger partial charge in [0, 0.05) is 0 Å². The Morgan fingerprint density at radius 3 is 1.86 bits per heavy atom. The van der Waals surface area contributed by atoms with Crippen molar-refractivity contribution in [1.29, 1.82) is 0 Å². The predicted octanol–water partition coefficient (Wildman–Crippen LogP) is 5.52. The first kappa shape index (κ1) is 17.8. The van der Waals surface area contributed by atoms with Gasteiger partial charge in [-0.15, -0.1) is 0 Å². The van der Waals surface area contributed by atoms with Gasteiger partial charge in [0.05, 0.1) is 0 Å². The molecule has 0 amide bonds. The summed E-state index contributed by atoms with van der Waals surface area (Å²) in [4.78, 5) is 12.1. The van der Waals surface area contributed by atoms with E-state index in [1.54, 1.807) is 0 Å². The number of hydrogen-bond donors (Lipinski definition) is 0. The molecule has 0 spiro atoms. The van der Waals surface area contributed by atoms with Crippen LogP contribution in [0.1, 0.15) is 47.1 Å². The van der Waals surface area contributed by atoms with Crippen molar-refractivity contribution in [2.45, 2.75) is 64.8 Å². The van der Waals surface area contributed by atoms with Crippen LogP contribution in [0.5, 0.6) is 0 Å². The molecule has 0 heterocycles. The van der Waals surface area contributed by atoms with Crippen molar-refractivity contribution in [1.82, 2.24) is 0 Å². The highest BCUT2D eigenvalue weighted by Crippen LogP contribution is 2.42. The summed E-state index contributed by atoms with van der Waals surface area (Å²) in [6.45, 7) is 13.2. The minimum atomic E-state index is -2.20. The Bertz CT molecular complexity index is 419. The molecule has 0 unspecified atom stereocenters. The molecule has 3 nitrogen and oxygen atoms in total. The van der Waals surface area contributed by atoms with Gasteiger partial charge >= 0.3 is 6.16 Å². The first-order chi connectivity index (χ1) is 9.80.